The van der Waals surface area contributed by atoms with Gasteiger partial charge in [-0.3, -0.25) is 10.1 Å². The van der Waals surface area contributed by atoms with Gasteiger partial charge in [-0.05, 0) is 42.8 Å². The Kier molecular flexibility index (Phi) is 6.00. The van der Waals surface area contributed by atoms with Crippen LogP contribution < -0.4 is 4.74 Å². The number of hydrogen-bond donors (Lipinski definition) is 1. The van der Waals surface area contributed by atoms with Gasteiger partial charge < -0.3 is 19.2 Å². The monoisotopic (exact) mass is 435 g/mol. The van der Waals surface area contributed by atoms with Crippen molar-refractivity contribution in [3.05, 3.63) is 75.6 Å². The van der Waals surface area contributed by atoms with E-state index in [1.54, 1.807) is 32.4 Å². The van der Waals surface area contributed by atoms with Crippen LogP contribution in [0.2, 0.25) is 0 Å². The molecular formula is C23H21N3O6. The quantitative estimate of drug-likeness (QED) is 0.246. The van der Waals surface area contributed by atoms with E-state index in [0.717, 1.165) is 27.4 Å². The van der Waals surface area contributed by atoms with Gasteiger partial charge in [-0.1, -0.05) is 0 Å². The Morgan fingerprint density at radius 1 is 1.12 bits per heavy atom. The molecule has 0 aliphatic rings. The number of pyridine rings is 1. The lowest BCUT2D eigenvalue weighted by molar-refractivity contribution is -0.384. The maximum absolute atomic E-state index is 12.4. The van der Waals surface area contributed by atoms with E-state index in [1.165, 1.54) is 12.1 Å². The highest BCUT2D eigenvalue weighted by Crippen LogP contribution is 2.33. The van der Waals surface area contributed by atoms with Gasteiger partial charge >= 0.3 is 5.97 Å². The molecule has 1 N–H and O–H groups in total. The summed E-state index contributed by atoms with van der Waals surface area (Å²) in [6.07, 6.45) is 1.61. The number of carbonyl (C=O) groups is 1. The van der Waals surface area contributed by atoms with Crippen molar-refractivity contribution < 1.29 is 23.9 Å². The number of aromatic amines is 1. The molecule has 4 rings (SSSR count). The first-order valence-corrected chi connectivity index (χ1v) is 9.97. The SMILES string of the molecule is CCOC(=O)c1ncc2[nH]c3ccc(OCc4ccc([N+](=O)[O-])cc4)cc3c2c1COC. The van der Waals surface area contributed by atoms with E-state index >= 15 is 0 Å². The zero-order valence-corrected chi connectivity index (χ0v) is 17.6. The summed E-state index contributed by atoms with van der Waals surface area (Å²) >= 11 is 0. The predicted octanol–water partition coefficient (Wildman–Crippen LogP) is 4.53. The summed E-state index contributed by atoms with van der Waals surface area (Å²) in [5.74, 6) is 0.121. The van der Waals surface area contributed by atoms with Gasteiger partial charge in [0, 0.05) is 41.1 Å². The molecule has 2 heterocycles. The first-order chi connectivity index (χ1) is 15.5. The number of nitro groups is 1. The van der Waals surface area contributed by atoms with Crippen LogP contribution in [0.1, 0.15) is 28.5 Å². The van der Waals surface area contributed by atoms with Crippen LogP contribution in [0.25, 0.3) is 21.8 Å². The summed E-state index contributed by atoms with van der Waals surface area (Å²) < 4.78 is 16.4. The number of fused-ring (bicyclic) bond motifs is 3. The number of rotatable bonds is 8. The van der Waals surface area contributed by atoms with Crippen LogP contribution >= 0.6 is 0 Å². The van der Waals surface area contributed by atoms with Crippen molar-refractivity contribution in [2.75, 3.05) is 13.7 Å². The molecule has 0 saturated carbocycles. The maximum atomic E-state index is 12.4. The van der Waals surface area contributed by atoms with Gasteiger partial charge in [-0.15, -0.1) is 0 Å². The molecule has 0 spiro atoms. The molecule has 0 bridgehead atoms. The minimum Gasteiger partial charge on any atom is -0.489 e. The number of hydrogen-bond acceptors (Lipinski definition) is 7. The van der Waals surface area contributed by atoms with Crippen LogP contribution in [0.15, 0.2) is 48.7 Å². The van der Waals surface area contributed by atoms with E-state index in [1.807, 2.05) is 18.2 Å². The van der Waals surface area contributed by atoms with Crippen molar-refractivity contribution >= 4 is 33.5 Å². The highest BCUT2D eigenvalue weighted by Gasteiger charge is 2.20. The topological polar surface area (TPSA) is 117 Å². The fraction of sp³-hybridized carbons (Fsp3) is 0.217. The van der Waals surface area contributed by atoms with Crippen molar-refractivity contribution in [2.24, 2.45) is 0 Å². The number of benzene rings is 2. The van der Waals surface area contributed by atoms with Gasteiger partial charge in [-0.2, -0.15) is 0 Å². The number of nitrogens with zero attached hydrogens (tertiary/aromatic N) is 2. The molecule has 2 aromatic heterocycles. The second-order valence-corrected chi connectivity index (χ2v) is 7.07. The number of carbonyl (C=O) groups excluding carboxylic acids is 1. The van der Waals surface area contributed by atoms with Gasteiger partial charge in [0.1, 0.15) is 12.4 Å². The molecule has 164 valence electrons. The summed E-state index contributed by atoms with van der Waals surface area (Å²) in [4.78, 5) is 30.4. The number of methoxy groups -OCH3 is 1. The minimum absolute atomic E-state index is 0.0330. The number of H-pyrrole nitrogens is 1. The first-order valence-electron chi connectivity index (χ1n) is 9.97. The smallest absolute Gasteiger partial charge is 0.357 e. The fourth-order valence-electron chi connectivity index (χ4n) is 3.57. The Balaban J connectivity index is 1.70. The highest BCUT2D eigenvalue weighted by atomic mass is 16.6. The standard InChI is InChI=1S/C23H21N3O6/c1-3-31-23(27)22-18(13-30-2)21-17-10-16(8-9-19(17)25-20(21)11-24-22)32-12-14-4-6-15(7-5-14)26(28)29/h4-11,25H,3,12-13H2,1-2H3. The van der Waals surface area contributed by atoms with Crippen LogP contribution in [-0.4, -0.2) is 34.6 Å². The number of aromatic nitrogens is 2. The van der Waals surface area contributed by atoms with Crippen LogP contribution in [0.5, 0.6) is 5.75 Å². The van der Waals surface area contributed by atoms with E-state index < -0.39 is 10.9 Å². The molecule has 9 nitrogen and oxygen atoms in total. The molecule has 0 amide bonds. The molecule has 0 atom stereocenters. The maximum Gasteiger partial charge on any atom is 0.357 e. The zero-order chi connectivity index (χ0) is 22.7. The summed E-state index contributed by atoms with van der Waals surface area (Å²) in [7, 11) is 1.56. The second-order valence-electron chi connectivity index (χ2n) is 7.07. The van der Waals surface area contributed by atoms with Gasteiger partial charge in [0.15, 0.2) is 5.69 Å². The zero-order valence-electron chi connectivity index (χ0n) is 17.6. The third-order valence-electron chi connectivity index (χ3n) is 5.02. The molecule has 0 radical (unpaired) electrons. The molecule has 9 heteroatoms. The number of nitro benzene ring substituents is 1. The van der Waals surface area contributed by atoms with E-state index in [0.29, 0.717) is 11.3 Å². The Bertz CT molecular complexity index is 1300. The van der Waals surface area contributed by atoms with E-state index in [2.05, 4.69) is 9.97 Å². The van der Waals surface area contributed by atoms with Gasteiger partial charge in [0.25, 0.3) is 5.69 Å². The van der Waals surface area contributed by atoms with Crippen molar-refractivity contribution in [1.82, 2.24) is 9.97 Å². The average molecular weight is 435 g/mol. The van der Waals surface area contributed by atoms with Gasteiger partial charge in [-0.25, -0.2) is 9.78 Å². The largest absolute Gasteiger partial charge is 0.489 e. The van der Waals surface area contributed by atoms with Crippen molar-refractivity contribution in [2.45, 2.75) is 20.1 Å². The molecule has 0 aliphatic carbocycles. The van der Waals surface area contributed by atoms with Crippen molar-refractivity contribution in [1.29, 1.82) is 0 Å². The molecule has 0 saturated heterocycles. The second kappa shape index (κ2) is 9.03. The summed E-state index contributed by atoms with van der Waals surface area (Å²) in [6, 6.07) is 11.8. The first kappa shape index (κ1) is 21.3. The molecule has 0 unspecified atom stereocenters. The van der Waals surface area contributed by atoms with E-state index in [-0.39, 0.29) is 31.2 Å². The molecular weight excluding hydrogens is 414 g/mol. The molecule has 0 aliphatic heterocycles. The van der Waals surface area contributed by atoms with E-state index in [9.17, 15) is 14.9 Å². The minimum atomic E-state index is -0.499. The summed E-state index contributed by atoms with van der Waals surface area (Å²) in [5.41, 5.74) is 3.34. The van der Waals surface area contributed by atoms with Crippen molar-refractivity contribution in [3.63, 3.8) is 0 Å². The Labute approximate surface area is 183 Å². The molecule has 4 aromatic rings. The Morgan fingerprint density at radius 2 is 1.91 bits per heavy atom. The Morgan fingerprint density at radius 3 is 2.59 bits per heavy atom. The number of nitrogens with one attached hydrogen (secondary N) is 1. The normalized spacial score (nSPS) is 11.1. The third kappa shape index (κ3) is 4.10. The lowest BCUT2D eigenvalue weighted by atomic mass is 10.1. The van der Waals surface area contributed by atoms with Crippen LogP contribution in [0.4, 0.5) is 5.69 Å². The van der Waals surface area contributed by atoms with Crippen molar-refractivity contribution in [3.8, 4) is 5.75 Å². The summed E-state index contributed by atoms with van der Waals surface area (Å²) in [6.45, 7) is 2.44. The van der Waals surface area contributed by atoms with Crippen LogP contribution in [-0.2, 0) is 22.7 Å². The summed E-state index contributed by atoms with van der Waals surface area (Å²) in [5, 5.41) is 12.5. The fourth-order valence-corrected chi connectivity index (χ4v) is 3.57. The van der Waals surface area contributed by atoms with Crippen LogP contribution in [0, 0.1) is 10.1 Å². The van der Waals surface area contributed by atoms with Gasteiger partial charge in [0.2, 0.25) is 0 Å². The predicted molar refractivity (Wildman–Crippen MR) is 118 cm³/mol. The van der Waals surface area contributed by atoms with Crippen LogP contribution in [0.3, 0.4) is 0 Å². The number of ether oxygens (including phenoxy) is 3. The average Bonchev–Trinajstić information content (AvgIpc) is 3.16. The van der Waals surface area contributed by atoms with E-state index in [4.69, 9.17) is 14.2 Å². The number of esters is 1. The van der Waals surface area contributed by atoms with Gasteiger partial charge in [0.05, 0.1) is 29.9 Å². The third-order valence-corrected chi connectivity index (χ3v) is 5.02. The molecule has 2 aromatic carbocycles. The highest BCUT2D eigenvalue weighted by molar-refractivity contribution is 6.11. The lowest BCUT2D eigenvalue weighted by Gasteiger charge is -2.10. The number of non-ortho nitro benzene ring substituents is 1. The molecule has 0 fully saturated rings. The molecule has 32 heavy (non-hydrogen) atoms. The lowest BCUT2D eigenvalue weighted by Crippen LogP contribution is -2.11. The Hall–Kier alpha value is -3.98.